The number of aromatic nitrogens is 2. The van der Waals surface area contributed by atoms with Crippen LogP contribution in [0.3, 0.4) is 0 Å². The van der Waals surface area contributed by atoms with E-state index in [1.165, 1.54) is 29.7 Å². The Morgan fingerprint density at radius 3 is 3.05 bits per heavy atom. The molecule has 2 N–H and O–H groups in total. The van der Waals surface area contributed by atoms with Gasteiger partial charge in [-0.25, -0.2) is 9.97 Å². The van der Waals surface area contributed by atoms with Gasteiger partial charge in [-0.3, -0.25) is 0 Å². The fourth-order valence-corrected chi connectivity index (χ4v) is 3.72. The summed E-state index contributed by atoms with van der Waals surface area (Å²) in [5.74, 6) is 2.61. The summed E-state index contributed by atoms with van der Waals surface area (Å²) in [5, 5.41) is 9.02. The number of nitrogens with one attached hydrogen (secondary N) is 2. The number of hydrogen-bond donors (Lipinski definition) is 2. The van der Waals surface area contributed by atoms with Crippen molar-refractivity contribution in [1.82, 2.24) is 9.97 Å². The molecule has 1 atom stereocenters. The van der Waals surface area contributed by atoms with Gasteiger partial charge in [0.05, 0.1) is 6.04 Å². The molecule has 2 aromatic heterocycles. The molecule has 4 nitrogen and oxygen atoms in total. The van der Waals surface area contributed by atoms with Gasteiger partial charge in [0.25, 0.3) is 0 Å². The Bertz CT molecular complexity index is 593. The van der Waals surface area contributed by atoms with E-state index >= 15 is 0 Å². The van der Waals surface area contributed by atoms with Crippen molar-refractivity contribution in [2.24, 2.45) is 0 Å². The summed E-state index contributed by atoms with van der Waals surface area (Å²) >= 11 is 1.87. The second kappa shape index (κ2) is 5.79. The molecule has 3 rings (SSSR count). The van der Waals surface area contributed by atoms with Gasteiger partial charge >= 0.3 is 0 Å². The summed E-state index contributed by atoms with van der Waals surface area (Å²) in [6.45, 7) is 4.88. The second-order valence-corrected chi connectivity index (χ2v) is 6.10. The molecule has 0 aromatic carbocycles. The highest BCUT2D eigenvalue weighted by Crippen LogP contribution is 2.35. The molecular formula is C15H20N4S. The zero-order chi connectivity index (χ0) is 13.9. The average molecular weight is 288 g/mol. The first-order valence-corrected chi connectivity index (χ1v) is 8.06. The van der Waals surface area contributed by atoms with Gasteiger partial charge in [0.15, 0.2) is 0 Å². The topological polar surface area (TPSA) is 49.8 Å². The Morgan fingerprint density at radius 1 is 1.35 bits per heavy atom. The van der Waals surface area contributed by atoms with Gasteiger partial charge < -0.3 is 10.6 Å². The third-order valence-corrected chi connectivity index (χ3v) is 4.57. The normalized spacial score (nSPS) is 17.6. The van der Waals surface area contributed by atoms with Crippen molar-refractivity contribution in [2.75, 3.05) is 17.2 Å². The number of aryl methyl sites for hydroxylation is 2. The molecular weight excluding hydrogens is 268 g/mol. The summed E-state index contributed by atoms with van der Waals surface area (Å²) in [6.07, 6.45) is 3.63. The number of hydrogen-bond acceptors (Lipinski definition) is 5. The highest BCUT2D eigenvalue weighted by Gasteiger charge is 2.21. The molecule has 0 saturated heterocycles. The van der Waals surface area contributed by atoms with E-state index in [0.29, 0.717) is 6.04 Å². The third-order valence-electron chi connectivity index (χ3n) is 3.57. The van der Waals surface area contributed by atoms with Crippen LogP contribution in [0.2, 0.25) is 0 Å². The summed E-state index contributed by atoms with van der Waals surface area (Å²) in [4.78, 5) is 10.4. The van der Waals surface area contributed by atoms with Crippen molar-refractivity contribution >= 4 is 23.0 Å². The van der Waals surface area contributed by atoms with Crippen LogP contribution in [0.25, 0.3) is 0 Å². The fourth-order valence-electron chi connectivity index (χ4n) is 2.73. The van der Waals surface area contributed by atoms with E-state index in [1.807, 2.05) is 24.3 Å². The van der Waals surface area contributed by atoms with Crippen LogP contribution in [0.4, 0.5) is 11.6 Å². The lowest BCUT2D eigenvalue weighted by molar-refractivity contribution is 0.606. The molecule has 2 aromatic rings. The number of thiophene rings is 1. The van der Waals surface area contributed by atoms with Crippen molar-refractivity contribution < 1.29 is 0 Å². The fraction of sp³-hybridized carbons (Fsp3) is 0.467. The van der Waals surface area contributed by atoms with Crippen LogP contribution in [0.5, 0.6) is 0 Å². The third kappa shape index (κ3) is 2.77. The summed E-state index contributed by atoms with van der Waals surface area (Å²) in [7, 11) is 0. The number of anilines is 2. The van der Waals surface area contributed by atoms with Gasteiger partial charge in [-0.1, -0.05) is 0 Å². The van der Waals surface area contributed by atoms with Crippen molar-refractivity contribution in [3.05, 3.63) is 33.8 Å². The van der Waals surface area contributed by atoms with E-state index < -0.39 is 0 Å². The van der Waals surface area contributed by atoms with Gasteiger partial charge in [0.1, 0.15) is 17.5 Å². The maximum absolute atomic E-state index is 4.51. The van der Waals surface area contributed by atoms with Gasteiger partial charge in [0.2, 0.25) is 0 Å². The molecule has 106 valence electrons. The SMILES string of the molecule is CCNc1cc(NC2CCCc3sccc32)nc(C)n1. The molecule has 1 aliphatic rings. The van der Waals surface area contributed by atoms with Crippen molar-refractivity contribution in [3.8, 4) is 0 Å². The standard InChI is InChI=1S/C15H20N4S/c1-3-16-14-9-15(18-10(2)17-14)19-12-5-4-6-13-11(12)7-8-20-13/h7-9,12H,3-6H2,1-2H3,(H2,16,17,18,19). The molecule has 1 aliphatic carbocycles. The van der Waals surface area contributed by atoms with Crippen molar-refractivity contribution in [1.29, 1.82) is 0 Å². The lowest BCUT2D eigenvalue weighted by Gasteiger charge is -2.24. The zero-order valence-corrected chi connectivity index (χ0v) is 12.8. The first kappa shape index (κ1) is 13.4. The predicted octanol–water partition coefficient (Wildman–Crippen LogP) is 3.77. The predicted molar refractivity (Wildman–Crippen MR) is 84.6 cm³/mol. The molecule has 0 radical (unpaired) electrons. The molecule has 0 aliphatic heterocycles. The molecule has 0 bridgehead atoms. The van der Waals surface area contributed by atoms with Crippen LogP contribution in [-0.4, -0.2) is 16.5 Å². The highest BCUT2D eigenvalue weighted by atomic mass is 32.1. The minimum Gasteiger partial charge on any atom is -0.370 e. The van der Waals surface area contributed by atoms with Crippen molar-refractivity contribution in [2.45, 2.75) is 39.2 Å². The largest absolute Gasteiger partial charge is 0.370 e. The molecule has 2 heterocycles. The zero-order valence-electron chi connectivity index (χ0n) is 11.9. The van der Waals surface area contributed by atoms with Gasteiger partial charge in [-0.15, -0.1) is 11.3 Å². The van der Waals surface area contributed by atoms with E-state index in [0.717, 1.165) is 24.0 Å². The van der Waals surface area contributed by atoms with Crippen LogP contribution >= 0.6 is 11.3 Å². The molecule has 20 heavy (non-hydrogen) atoms. The summed E-state index contributed by atoms with van der Waals surface area (Å²) < 4.78 is 0. The average Bonchev–Trinajstić information content (AvgIpc) is 2.88. The monoisotopic (exact) mass is 288 g/mol. The first-order valence-electron chi connectivity index (χ1n) is 7.18. The van der Waals surface area contributed by atoms with E-state index in [2.05, 4.69) is 39.0 Å². The Labute approximate surface area is 123 Å². The molecule has 0 saturated carbocycles. The van der Waals surface area contributed by atoms with Gasteiger partial charge in [-0.2, -0.15) is 0 Å². The molecule has 0 fully saturated rings. The Balaban J connectivity index is 1.82. The maximum atomic E-state index is 4.51. The second-order valence-electron chi connectivity index (χ2n) is 5.10. The van der Waals surface area contributed by atoms with E-state index in [9.17, 15) is 0 Å². The number of fused-ring (bicyclic) bond motifs is 1. The Kier molecular flexibility index (Phi) is 3.87. The van der Waals surface area contributed by atoms with E-state index in [4.69, 9.17) is 0 Å². The lowest BCUT2D eigenvalue weighted by atomic mass is 9.94. The van der Waals surface area contributed by atoms with Crippen LogP contribution < -0.4 is 10.6 Å². The van der Waals surface area contributed by atoms with Crippen LogP contribution in [-0.2, 0) is 6.42 Å². The lowest BCUT2D eigenvalue weighted by Crippen LogP contribution is -2.17. The minimum atomic E-state index is 0.383. The summed E-state index contributed by atoms with van der Waals surface area (Å²) in [5.41, 5.74) is 1.45. The minimum absolute atomic E-state index is 0.383. The smallest absolute Gasteiger partial charge is 0.132 e. The number of nitrogens with zero attached hydrogens (tertiary/aromatic N) is 2. The Hall–Kier alpha value is -1.62. The Morgan fingerprint density at radius 2 is 2.20 bits per heavy atom. The van der Waals surface area contributed by atoms with Crippen LogP contribution in [0.15, 0.2) is 17.5 Å². The quantitative estimate of drug-likeness (QED) is 0.899. The van der Waals surface area contributed by atoms with Gasteiger partial charge in [0, 0.05) is 17.5 Å². The van der Waals surface area contributed by atoms with E-state index in [1.54, 1.807) is 0 Å². The molecule has 0 spiro atoms. The van der Waals surface area contributed by atoms with Crippen LogP contribution in [0, 0.1) is 6.92 Å². The summed E-state index contributed by atoms with van der Waals surface area (Å²) in [6, 6.07) is 4.63. The van der Waals surface area contributed by atoms with Crippen LogP contribution in [0.1, 0.15) is 42.1 Å². The van der Waals surface area contributed by atoms with Crippen molar-refractivity contribution in [3.63, 3.8) is 0 Å². The molecule has 0 amide bonds. The first-order chi connectivity index (χ1) is 9.76. The van der Waals surface area contributed by atoms with E-state index in [-0.39, 0.29) is 0 Å². The van der Waals surface area contributed by atoms with Gasteiger partial charge in [-0.05, 0) is 50.1 Å². The highest BCUT2D eigenvalue weighted by molar-refractivity contribution is 7.10. The number of rotatable bonds is 4. The molecule has 1 unspecified atom stereocenters. The molecule has 5 heteroatoms. The maximum Gasteiger partial charge on any atom is 0.132 e.